The maximum Gasteiger partial charge on any atom is 0.141 e. The molecule has 0 radical (unpaired) electrons. The zero-order valence-corrected chi connectivity index (χ0v) is 11.1. The fraction of sp³-hybridized carbons (Fsp3) is 0.308. The standard InChI is InChI=1S/C13H15ClFN3/c1-3-11(9-4-6-10(15)7-5-9)18-13(16)12(14)8(2)17-18/h4-7,11H,3,16H2,1-2H3. The van der Waals surface area contributed by atoms with Crippen molar-refractivity contribution in [2.24, 2.45) is 0 Å². The van der Waals surface area contributed by atoms with Gasteiger partial charge in [0.05, 0.1) is 11.7 Å². The molecule has 0 bridgehead atoms. The molecule has 2 rings (SSSR count). The van der Waals surface area contributed by atoms with E-state index in [0.717, 1.165) is 12.0 Å². The highest BCUT2D eigenvalue weighted by atomic mass is 35.5. The van der Waals surface area contributed by atoms with Crippen LogP contribution in [0.25, 0.3) is 0 Å². The Hall–Kier alpha value is -1.55. The van der Waals surface area contributed by atoms with Gasteiger partial charge in [0.25, 0.3) is 0 Å². The number of anilines is 1. The monoisotopic (exact) mass is 267 g/mol. The Morgan fingerprint density at radius 1 is 1.39 bits per heavy atom. The number of hydrogen-bond acceptors (Lipinski definition) is 2. The molecule has 3 nitrogen and oxygen atoms in total. The summed E-state index contributed by atoms with van der Waals surface area (Å²) in [5, 5.41) is 4.83. The van der Waals surface area contributed by atoms with E-state index in [1.54, 1.807) is 16.8 Å². The van der Waals surface area contributed by atoms with Crippen LogP contribution in [0.3, 0.4) is 0 Å². The van der Waals surface area contributed by atoms with Crippen LogP contribution in [-0.2, 0) is 0 Å². The van der Waals surface area contributed by atoms with Crippen molar-refractivity contribution in [3.63, 3.8) is 0 Å². The molecule has 0 saturated carbocycles. The molecular formula is C13H15ClFN3. The van der Waals surface area contributed by atoms with Gasteiger partial charge in [-0.3, -0.25) is 0 Å². The third-order valence-corrected chi connectivity index (χ3v) is 3.45. The lowest BCUT2D eigenvalue weighted by molar-refractivity contribution is 0.512. The third kappa shape index (κ3) is 2.20. The molecule has 18 heavy (non-hydrogen) atoms. The van der Waals surface area contributed by atoms with E-state index in [1.165, 1.54) is 12.1 Å². The van der Waals surface area contributed by atoms with E-state index in [2.05, 4.69) is 5.10 Å². The van der Waals surface area contributed by atoms with E-state index in [4.69, 9.17) is 17.3 Å². The van der Waals surface area contributed by atoms with Crippen molar-refractivity contribution >= 4 is 17.4 Å². The first-order valence-corrected chi connectivity index (χ1v) is 6.18. The second kappa shape index (κ2) is 4.98. The molecule has 96 valence electrons. The molecule has 1 unspecified atom stereocenters. The zero-order chi connectivity index (χ0) is 13.3. The predicted molar refractivity (Wildman–Crippen MR) is 71.2 cm³/mol. The summed E-state index contributed by atoms with van der Waals surface area (Å²) in [5.41, 5.74) is 7.61. The van der Waals surface area contributed by atoms with Crippen molar-refractivity contribution in [3.8, 4) is 0 Å². The smallest absolute Gasteiger partial charge is 0.141 e. The Labute approximate surface area is 110 Å². The first kappa shape index (κ1) is 12.9. The Morgan fingerprint density at radius 2 is 2.00 bits per heavy atom. The lowest BCUT2D eigenvalue weighted by Gasteiger charge is -2.17. The van der Waals surface area contributed by atoms with Gasteiger partial charge in [0.15, 0.2) is 0 Å². The number of aromatic nitrogens is 2. The Balaban J connectivity index is 2.45. The molecule has 1 atom stereocenters. The Kier molecular flexibility index (Phi) is 3.57. The number of nitrogens with zero attached hydrogens (tertiary/aromatic N) is 2. The summed E-state index contributed by atoms with van der Waals surface area (Å²) in [6.07, 6.45) is 0.799. The van der Waals surface area contributed by atoms with Crippen molar-refractivity contribution in [2.75, 3.05) is 5.73 Å². The van der Waals surface area contributed by atoms with Gasteiger partial charge in [-0.1, -0.05) is 30.7 Å². The van der Waals surface area contributed by atoms with Crippen molar-refractivity contribution in [3.05, 3.63) is 46.4 Å². The van der Waals surface area contributed by atoms with Gasteiger partial charge >= 0.3 is 0 Å². The number of hydrogen-bond donors (Lipinski definition) is 1. The highest BCUT2D eigenvalue weighted by Gasteiger charge is 2.18. The molecule has 0 amide bonds. The average Bonchev–Trinajstić information content (AvgIpc) is 2.61. The van der Waals surface area contributed by atoms with Crippen molar-refractivity contribution in [1.29, 1.82) is 0 Å². The van der Waals surface area contributed by atoms with Gasteiger partial charge in [-0.2, -0.15) is 5.10 Å². The van der Waals surface area contributed by atoms with Crippen LogP contribution in [0, 0.1) is 12.7 Å². The summed E-state index contributed by atoms with van der Waals surface area (Å²) in [6, 6.07) is 6.33. The lowest BCUT2D eigenvalue weighted by Crippen LogP contribution is -2.14. The van der Waals surface area contributed by atoms with Crippen LogP contribution in [0.4, 0.5) is 10.2 Å². The lowest BCUT2D eigenvalue weighted by atomic mass is 10.0. The van der Waals surface area contributed by atoms with Crippen LogP contribution < -0.4 is 5.73 Å². The van der Waals surface area contributed by atoms with Crippen LogP contribution >= 0.6 is 11.6 Å². The summed E-state index contributed by atoms with van der Waals surface area (Å²) < 4.78 is 14.6. The van der Waals surface area contributed by atoms with Gasteiger partial charge in [-0.25, -0.2) is 9.07 Å². The maximum absolute atomic E-state index is 12.9. The first-order chi connectivity index (χ1) is 8.54. The summed E-state index contributed by atoms with van der Waals surface area (Å²) >= 11 is 6.04. The molecule has 1 aromatic carbocycles. The van der Waals surface area contributed by atoms with E-state index in [0.29, 0.717) is 16.5 Å². The fourth-order valence-corrected chi connectivity index (χ4v) is 2.14. The highest BCUT2D eigenvalue weighted by Crippen LogP contribution is 2.30. The van der Waals surface area contributed by atoms with Crippen LogP contribution in [0.1, 0.15) is 30.6 Å². The van der Waals surface area contributed by atoms with E-state index in [-0.39, 0.29) is 11.9 Å². The van der Waals surface area contributed by atoms with Crippen LogP contribution in [0.5, 0.6) is 0 Å². The number of benzene rings is 1. The van der Waals surface area contributed by atoms with E-state index < -0.39 is 0 Å². The number of nitrogens with two attached hydrogens (primary N) is 1. The summed E-state index contributed by atoms with van der Waals surface area (Å²) in [5.74, 6) is 0.196. The molecule has 0 aliphatic rings. The Bertz CT molecular complexity index is 548. The van der Waals surface area contributed by atoms with E-state index in [9.17, 15) is 4.39 Å². The minimum absolute atomic E-state index is 0.0307. The molecule has 2 N–H and O–H groups in total. The number of halogens is 2. The summed E-state index contributed by atoms with van der Waals surface area (Å²) in [7, 11) is 0. The van der Waals surface area contributed by atoms with Gasteiger partial charge in [0.2, 0.25) is 0 Å². The largest absolute Gasteiger partial charge is 0.383 e. The molecule has 5 heteroatoms. The molecule has 1 aromatic heterocycles. The first-order valence-electron chi connectivity index (χ1n) is 5.80. The van der Waals surface area contributed by atoms with Gasteiger partial charge in [-0.05, 0) is 31.0 Å². The van der Waals surface area contributed by atoms with Crippen molar-refractivity contribution in [1.82, 2.24) is 9.78 Å². The minimum atomic E-state index is -0.253. The zero-order valence-electron chi connectivity index (χ0n) is 10.3. The molecule has 0 fully saturated rings. The normalized spacial score (nSPS) is 12.7. The minimum Gasteiger partial charge on any atom is -0.383 e. The second-order valence-corrected chi connectivity index (χ2v) is 4.58. The molecule has 0 spiro atoms. The van der Waals surface area contributed by atoms with E-state index in [1.807, 2.05) is 13.8 Å². The number of aryl methyl sites for hydroxylation is 1. The Morgan fingerprint density at radius 3 is 2.44 bits per heavy atom. The molecule has 0 saturated heterocycles. The highest BCUT2D eigenvalue weighted by molar-refractivity contribution is 6.33. The fourth-order valence-electron chi connectivity index (χ4n) is 2.02. The average molecular weight is 268 g/mol. The third-order valence-electron chi connectivity index (χ3n) is 2.98. The van der Waals surface area contributed by atoms with Gasteiger partial charge in [-0.15, -0.1) is 0 Å². The number of nitrogen functional groups attached to an aromatic ring is 1. The van der Waals surface area contributed by atoms with Gasteiger partial charge in [0, 0.05) is 0 Å². The summed E-state index contributed by atoms with van der Waals surface area (Å²) in [4.78, 5) is 0. The molecule has 1 heterocycles. The van der Waals surface area contributed by atoms with Crippen LogP contribution in [-0.4, -0.2) is 9.78 Å². The molecule has 2 aromatic rings. The van der Waals surface area contributed by atoms with Crippen molar-refractivity contribution in [2.45, 2.75) is 26.3 Å². The van der Waals surface area contributed by atoms with E-state index >= 15 is 0 Å². The summed E-state index contributed by atoms with van der Waals surface area (Å²) in [6.45, 7) is 3.84. The van der Waals surface area contributed by atoms with Crippen LogP contribution in [0.2, 0.25) is 5.02 Å². The molecular weight excluding hydrogens is 253 g/mol. The van der Waals surface area contributed by atoms with Crippen molar-refractivity contribution < 1.29 is 4.39 Å². The van der Waals surface area contributed by atoms with Gasteiger partial charge < -0.3 is 5.73 Å². The maximum atomic E-state index is 12.9. The van der Waals surface area contributed by atoms with Gasteiger partial charge in [0.1, 0.15) is 16.7 Å². The quantitative estimate of drug-likeness (QED) is 0.924. The molecule has 0 aliphatic heterocycles. The number of rotatable bonds is 3. The SMILES string of the molecule is CCC(c1ccc(F)cc1)n1nc(C)c(Cl)c1N. The topological polar surface area (TPSA) is 43.8 Å². The predicted octanol–water partition coefficient (Wildman–Crippen LogP) is 3.57. The second-order valence-electron chi connectivity index (χ2n) is 4.20. The molecule has 0 aliphatic carbocycles. The van der Waals surface area contributed by atoms with Crippen LogP contribution in [0.15, 0.2) is 24.3 Å².